The van der Waals surface area contributed by atoms with Crippen molar-refractivity contribution in [2.24, 2.45) is 0 Å². The van der Waals surface area contributed by atoms with E-state index in [0.29, 0.717) is 23.3 Å². The average molecular weight is 317 g/mol. The summed E-state index contributed by atoms with van der Waals surface area (Å²) in [5.41, 5.74) is 0.969. The first-order valence-electron chi connectivity index (χ1n) is 7.37. The van der Waals surface area contributed by atoms with Crippen LogP contribution in [0.3, 0.4) is 0 Å². The molecule has 2 unspecified atom stereocenters. The van der Waals surface area contributed by atoms with Crippen molar-refractivity contribution in [1.29, 1.82) is 0 Å². The van der Waals surface area contributed by atoms with Crippen LogP contribution in [0.5, 0.6) is 5.75 Å². The molecular formula is C18H20FNO3. The molecular weight excluding hydrogens is 297 g/mol. The molecule has 0 radical (unpaired) electrons. The van der Waals surface area contributed by atoms with Gasteiger partial charge in [-0.15, -0.1) is 0 Å². The third-order valence-electron chi connectivity index (χ3n) is 3.53. The van der Waals surface area contributed by atoms with E-state index in [9.17, 15) is 14.3 Å². The highest BCUT2D eigenvalue weighted by molar-refractivity contribution is 5.82. The normalized spacial score (nSPS) is 13.2. The lowest BCUT2D eigenvalue weighted by atomic mass is 10.0. The van der Waals surface area contributed by atoms with Gasteiger partial charge in [-0.2, -0.15) is 0 Å². The predicted molar refractivity (Wildman–Crippen MR) is 85.7 cm³/mol. The van der Waals surface area contributed by atoms with E-state index in [1.165, 1.54) is 13.2 Å². The minimum Gasteiger partial charge on any atom is -0.497 e. The fraction of sp³-hybridized carbons (Fsp3) is 0.278. The fourth-order valence-electron chi connectivity index (χ4n) is 2.33. The first-order valence-corrected chi connectivity index (χ1v) is 7.37. The molecule has 2 aromatic carbocycles. The molecule has 0 bridgehead atoms. The Morgan fingerprint density at radius 3 is 2.70 bits per heavy atom. The summed E-state index contributed by atoms with van der Waals surface area (Å²) < 4.78 is 18.7. The van der Waals surface area contributed by atoms with E-state index in [4.69, 9.17) is 4.74 Å². The summed E-state index contributed by atoms with van der Waals surface area (Å²) in [5.74, 6) is -0.266. The second kappa shape index (κ2) is 7.74. The van der Waals surface area contributed by atoms with Gasteiger partial charge in [0.1, 0.15) is 11.6 Å². The first-order chi connectivity index (χ1) is 11.0. The van der Waals surface area contributed by atoms with Crippen molar-refractivity contribution in [2.75, 3.05) is 7.11 Å². The lowest BCUT2D eigenvalue weighted by Gasteiger charge is -2.18. The summed E-state index contributed by atoms with van der Waals surface area (Å²) in [6.45, 7) is 1.77. The van der Waals surface area contributed by atoms with Crippen LogP contribution in [0.1, 0.15) is 24.2 Å². The van der Waals surface area contributed by atoms with Crippen molar-refractivity contribution >= 4 is 5.91 Å². The Kier molecular flexibility index (Phi) is 5.71. The smallest absolute Gasteiger partial charge is 0.253 e. The van der Waals surface area contributed by atoms with Crippen LogP contribution in [0.15, 0.2) is 48.5 Å². The van der Waals surface area contributed by atoms with E-state index in [-0.39, 0.29) is 11.9 Å². The molecule has 4 nitrogen and oxygen atoms in total. The number of halogens is 1. The molecule has 0 saturated heterocycles. The number of ether oxygens (including phenoxy) is 1. The van der Waals surface area contributed by atoms with E-state index in [1.54, 1.807) is 49.4 Å². The number of hydrogen-bond acceptors (Lipinski definition) is 3. The Balaban J connectivity index is 1.98. The number of hydrogen-bond donors (Lipinski definition) is 2. The van der Waals surface area contributed by atoms with Gasteiger partial charge in [-0.3, -0.25) is 4.79 Å². The Morgan fingerprint density at radius 1 is 1.26 bits per heavy atom. The number of amides is 1. The Morgan fingerprint density at radius 2 is 2.00 bits per heavy atom. The highest BCUT2D eigenvalue weighted by Gasteiger charge is 2.20. The van der Waals surface area contributed by atoms with Gasteiger partial charge in [-0.05, 0) is 42.7 Å². The molecule has 0 aliphatic carbocycles. The summed E-state index contributed by atoms with van der Waals surface area (Å²) in [5, 5.41) is 12.8. The quantitative estimate of drug-likeness (QED) is 0.861. The molecule has 0 aliphatic rings. The van der Waals surface area contributed by atoms with Gasteiger partial charge < -0.3 is 15.2 Å². The molecule has 0 spiro atoms. The van der Waals surface area contributed by atoms with Crippen LogP contribution in [0.2, 0.25) is 0 Å². The molecule has 122 valence electrons. The van der Waals surface area contributed by atoms with Gasteiger partial charge in [0.25, 0.3) is 5.91 Å². The van der Waals surface area contributed by atoms with Crippen LogP contribution < -0.4 is 10.1 Å². The molecule has 5 heteroatoms. The SMILES string of the molecule is COc1cccc(C(O)C(=O)NC(C)Cc2ccccc2F)c1. The molecule has 0 aromatic heterocycles. The lowest BCUT2D eigenvalue weighted by molar-refractivity contribution is -0.130. The fourth-order valence-corrected chi connectivity index (χ4v) is 2.33. The maximum Gasteiger partial charge on any atom is 0.253 e. The van der Waals surface area contributed by atoms with E-state index in [2.05, 4.69) is 5.32 Å². The number of nitrogens with one attached hydrogen (secondary N) is 1. The van der Waals surface area contributed by atoms with Gasteiger partial charge in [0, 0.05) is 6.04 Å². The highest BCUT2D eigenvalue weighted by atomic mass is 19.1. The third kappa shape index (κ3) is 4.53. The van der Waals surface area contributed by atoms with E-state index in [1.807, 2.05) is 0 Å². The monoisotopic (exact) mass is 317 g/mol. The summed E-state index contributed by atoms with van der Waals surface area (Å²) in [6.07, 6.45) is -0.948. The highest BCUT2D eigenvalue weighted by Crippen LogP contribution is 2.19. The molecule has 2 atom stereocenters. The second-order valence-electron chi connectivity index (χ2n) is 5.38. The third-order valence-corrected chi connectivity index (χ3v) is 3.53. The van der Waals surface area contributed by atoms with Crippen molar-refractivity contribution in [2.45, 2.75) is 25.5 Å². The summed E-state index contributed by atoms with van der Waals surface area (Å²) >= 11 is 0. The maximum atomic E-state index is 13.6. The molecule has 2 N–H and O–H groups in total. The Bertz CT molecular complexity index is 675. The summed E-state index contributed by atoms with van der Waals surface area (Å²) in [4.78, 5) is 12.1. The average Bonchev–Trinajstić information content (AvgIpc) is 2.56. The van der Waals surface area contributed by atoms with Gasteiger partial charge in [0.2, 0.25) is 0 Å². The van der Waals surface area contributed by atoms with Crippen molar-refractivity contribution < 1.29 is 19.0 Å². The van der Waals surface area contributed by atoms with Crippen LogP contribution in [0, 0.1) is 5.82 Å². The molecule has 0 heterocycles. The van der Waals surface area contributed by atoms with E-state index in [0.717, 1.165) is 0 Å². The van der Waals surface area contributed by atoms with E-state index >= 15 is 0 Å². The topological polar surface area (TPSA) is 58.6 Å². The molecule has 0 aliphatic heterocycles. The minimum atomic E-state index is -1.30. The zero-order valence-corrected chi connectivity index (χ0v) is 13.1. The zero-order chi connectivity index (χ0) is 16.8. The minimum absolute atomic E-state index is 0.304. The second-order valence-corrected chi connectivity index (χ2v) is 5.38. The molecule has 0 saturated carbocycles. The summed E-state index contributed by atoms with van der Waals surface area (Å²) in [7, 11) is 1.52. The number of rotatable bonds is 6. The number of carbonyl (C=O) groups excluding carboxylic acids is 1. The van der Waals surface area contributed by atoms with Crippen LogP contribution in [0.4, 0.5) is 4.39 Å². The maximum absolute atomic E-state index is 13.6. The number of aliphatic hydroxyl groups is 1. The predicted octanol–water partition coefficient (Wildman–Crippen LogP) is 2.62. The zero-order valence-electron chi connectivity index (χ0n) is 13.1. The van der Waals surface area contributed by atoms with Gasteiger partial charge in [-0.25, -0.2) is 4.39 Å². The Hall–Kier alpha value is -2.40. The number of aliphatic hydroxyl groups excluding tert-OH is 1. The van der Waals surface area contributed by atoms with Gasteiger partial charge in [0.05, 0.1) is 7.11 Å². The van der Waals surface area contributed by atoms with Crippen molar-refractivity contribution in [1.82, 2.24) is 5.32 Å². The number of carbonyl (C=O) groups is 1. The molecule has 2 aromatic rings. The molecule has 1 amide bonds. The molecule has 2 rings (SSSR count). The van der Waals surface area contributed by atoms with Crippen molar-refractivity contribution in [3.63, 3.8) is 0 Å². The van der Waals surface area contributed by atoms with E-state index < -0.39 is 12.0 Å². The molecule has 0 fully saturated rings. The van der Waals surface area contributed by atoms with Crippen LogP contribution in [-0.2, 0) is 11.2 Å². The number of methoxy groups -OCH3 is 1. The first kappa shape index (κ1) is 17.0. The summed E-state index contributed by atoms with van der Waals surface area (Å²) in [6, 6.07) is 12.8. The van der Waals surface area contributed by atoms with Gasteiger partial charge >= 0.3 is 0 Å². The molecule has 23 heavy (non-hydrogen) atoms. The van der Waals surface area contributed by atoms with Crippen molar-refractivity contribution in [3.8, 4) is 5.75 Å². The van der Waals surface area contributed by atoms with Gasteiger partial charge in [-0.1, -0.05) is 30.3 Å². The van der Waals surface area contributed by atoms with Crippen molar-refractivity contribution in [3.05, 3.63) is 65.5 Å². The van der Waals surface area contributed by atoms with Crippen LogP contribution >= 0.6 is 0 Å². The van der Waals surface area contributed by atoms with Crippen LogP contribution in [0.25, 0.3) is 0 Å². The Labute approximate surface area is 134 Å². The largest absolute Gasteiger partial charge is 0.497 e. The van der Waals surface area contributed by atoms with Gasteiger partial charge in [0.15, 0.2) is 6.10 Å². The lowest BCUT2D eigenvalue weighted by Crippen LogP contribution is -2.37. The number of benzene rings is 2. The van der Waals surface area contributed by atoms with Crippen LogP contribution in [-0.4, -0.2) is 24.2 Å². The standard InChI is InChI=1S/C18H20FNO3/c1-12(10-13-6-3-4-9-16(13)19)20-18(22)17(21)14-7-5-8-15(11-14)23-2/h3-9,11-12,17,21H,10H2,1-2H3,(H,20,22).